The summed E-state index contributed by atoms with van der Waals surface area (Å²) >= 11 is 6.87. The molecule has 0 spiro atoms. The van der Waals surface area contributed by atoms with E-state index < -0.39 is 10.8 Å². The lowest BCUT2D eigenvalue weighted by atomic mass is 10.1. The van der Waals surface area contributed by atoms with Crippen LogP contribution in [0.25, 0.3) is 0 Å². The van der Waals surface area contributed by atoms with Gasteiger partial charge in [-0.05, 0) is 24.6 Å². The molecule has 2 rings (SSSR count). The van der Waals surface area contributed by atoms with Gasteiger partial charge in [-0.3, -0.25) is 19.0 Å². The molecule has 1 amide bonds. The molecule has 26 heavy (non-hydrogen) atoms. The number of phenolic OH excluding ortho intramolecular Hbond substituents is 1. The second-order valence-electron chi connectivity index (χ2n) is 5.05. The van der Waals surface area contributed by atoms with Crippen molar-refractivity contribution in [2.75, 3.05) is 6.61 Å². The standard InChI is InChI=1S/C16H16ClN3O5S/c1-2-25-14(23)9-20-15(17)12(26-16(20)24)8-18-19-13(22)7-10-3-5-11(21)6-4-10/h3-6,8,21H,2,7,9H2,1H3,(H,19,22)/b18-8-. The van der Waals surface area contributed by atoms with Crippen molar-refractivity contribution in [1.82, 2.24) is 9.99 Å². The van der Waals surface area contributed by atoms with Gasteiger partial charge in [0.15, 0.2) is 0 Å². The number of hydrogen-bond donors (Lipinski definition) is 2. The highest BCUT2D eigenvalue weighted by molar-refractivity contribution is 7.11. The van der Waals surface area contributed by atoms with E-state index in [0.29, 0.717) is 10.4 Å². The molecule has 0 aliphatic heterocycles. The number of carbonyl (C=O) groups excluding carboxylic acids is 2. The number of aromatic nitrogens is 1. The number of benzene rings is 1. The number of hydrogen-bond acceptors (Lipinski definition) is 7. The third-order valence-electron chi connectivity index (χ3n) is 3.12. The minimum absolute atomic E-state index is 0.0459. The van der Waals surface area contributed by atoms with Gasteiger partial charge in [0.1, 0.15) is 17.4 Å². The third-order valence-corrected chi connectivity index (χ3v) is 4.56. The van der Waals surface area contributed by atoms with Gasteiger partial charge in [0.05, 0.1) is 24.1 Å². The lowest BCUT2D eigenvalue weighted by Gasteiger charge is -2.03. The molecule has 138 valence electrons. The van der Waals surface area contributed by atoms with E-state index in [1.54, 1.807) is 19.1 Å². The lowest BCUT2D eigenvalue weighted by molar-refractivity contribution is -0.143. The van der Waals surface area contributed by atoms with Crippen molar-refractivity contribution in [3.63, 3.8) is 0 Å². The first-order chi connectivity index (χ1) is 12.4. The van der Waals surface area contributed by atoms with Gasteiger partial charge in [0.25, 0.3) is 0 Å². The molecule has 2 N–H and O–H groups in total. The topological polar surface area (TPSA) is 110 Å². The highest BCUT2D eigenvalue weighted by atomic mass is 35.5. The number of esters is 1. The Hall–Kier alpha value is -2.65. The van der Waals surface area contributed by atoms with Crippen molar-refractivity contribution in [2.45, 2.75) is 19.9 Å². The average Bonchev–Trinajstić information content (AvgIpc) is 2.85. The highest BCUT2D eigenvalue weighted by Crippen LogP contribution is 2.16. The Morgan fingerprint density at radius 2 is 2.08 bits per heavy atom. The minimum atomic E-state index is -0.569. The lowest BCUT2D eigenvalue weighted by Crippen LogP contribution is -2.21. The first kappa shape index (κ1) is 19.7. The summed E-state index contributed by atoms with van der Waals surface area (Å²) in [6.07, 6.45) is 1.32. The van der Waals surface area contributed by atoms with Crippen LogP contribution in [-0.4, -0.2) is 34.4 Å². The van der Waals surface area contributed by atoms with E-state index in [1.807, 2.05) is 0 Å². The normalized spacial score (nSPS) is 10.8. The van der Waals surface area contributed by atoms with Crippen molar-refractivity contribution < 1.29 is 19.4 Å². The van der Waals surface area contributed by atoms with E-state index in [4.69, 9.17) is 16.3 Å². The van der Waals surface area contributed by atoms with Crippen LogP contribution in [0.5, 0.6) is 5.75 Å². The predicted octanol–water partition coefficient (Wildman–Crippen LogP) is 1.52. The molecule has 0 saturated carbocycles. The Morgan fingerprint density at radius 1 is 1.38 bits per heavy atom. The third kappa shape index (κ3) is 5.43. The first-order valence-corrected chi connectivity index (χ1v) is 8.74. The summed E-state index contributed by atoms with van der Waals surface area (Å²) in [6.45, 7) is 1.58. The average molecular weight is 398 g/mol. The summed E-state index contributed by atoms with van der Waals surface area (Å²) in [4.78, 5) is 35.1. The van der Waals surface area contributed by atoms with Crippen molar-refractivity contribution in [3.05, 3.63) is 49.5 Å². The summed E-state index contributed by atoms with van der Waals surface area (Å²) in [6, 6.07) is 6.21. The fourth-order valence-corrected chi connectivity index (χ4v) is 3.06. The van der Waals surface area contributed by atoms with Gasteiger partial charge in [0.2, 0.25) is 5.91 Å². The molecule has 0 radical (unpaired) electrons. The SMILES string of the molecule is CCOC(=O)Cn1c(Cl)c(/C=N\NC(=O)Cc2ccc(O)cc2)sc1=O. The summed E-state index contributed by atoms with van der Waals surface area (Å²) < 4.78 is 5.86. The van der Waals surface area contributed by atoms with E-state index in [-0.39, 0.29) is 36.4 Å². The number of amides is 1. The Morgan fingerprint density at radius 3 is 2.73 bits per heavy atom. The molecule has 0 aliphatic carbocycles. The van der Waals surface area contributed by atoms with Crippen LogP contribution in [0.15, 0.2) is 34.2 Å². The molecule has 2 aromatic rings. The van der Waals surface area contributed by atoms with E-state index in [9.17, 15) is 19.5 Å². The number of aromatic hydroxyl groups is 1. The fourth-order valence-electron chi connectivity index (χ4n) is 1.96. The Balaban J connectivity index is 1.97. The minimum Gasteiger partial charge on any atom is -0.508 e. The maximum atomic E-state index is 11.9. The number of nitrogens with one attached hydrogen (secondary N) is 1. The number of ether oxygens (including phenoxy) is 1. The number of thiazole rings is 1. The smallest absolute Gasteiger partial charge is 0.326 e. The quantitative estimate of drug-likeness (QED) is 0.418. The van der Waals surface area contributed by atoms with Crippen LogP contribution in [0.2, 0.25) is 5.15 Å². The van der Waals surface area contributed by atoms with Crippen LogP contribution < -0.4 is 10.3 Å². The molecule has 1 aromatic carbocycles. The van der Waals surface area contributed by atoms with Crippen LogP contribution in [0, 0.1) is 0 Å². The van der Waals surface area contributed by atoms with Crippen LogP contribution >= 0.6 is 22.9 Å². The van der Waals surface area contributed by atoms with Crippen molar-refractivity contribution in [2.24, 2.45) is 5.10 Å². The number of halogens is 1. The molecule has 0 unspecified atom stereocenters. The van der Waals surface area contributed by atoms with Crippen LogP contribution in [-0.2, 0) is 27.3 Å². The van der Waals surface area contributed by atoms with Crippen molar-refractivity contribution >= 4 is 41.0 Å². The molecule has 0 aliphatic rings. The van der Waals surface area contributed by atoms with Crippen LogP contribution in [0.4, 0.5) is 0 Å². The summed E-state index contributed by atoms with van der Waals surface area (Å²) in [7, 11) is 0. The van der Waals surface area contributed by atoms with Crippen LogP contribution in [0.3, 0.4) is 0 Å². The zero-order valence-electron chi connectivity index (χ0n) is 13.8. The maximum absolute atomic E-state index is 11.9. The number of nitrogens with zero attached hydrogens (tertiary/aromatic N) is 2. The molecule has 0 saturated heterocycles. The highest BCUT2D eigenvalue weighted by Gasteiger charge is 2.15. The molecule has 0 atom stereocenters. The summed E-state index contributed by atoms with van der Waals surface area (Å²) in [5, 5.41) is 13.0. The molecule has 10 heteroatoms. The maximum Gasteiger partial charge on any atom is 0.326 e. The summed E-state index contributed by atoms with van der Waals surface area (Å²) in [5.41, 5.74) is 3.03. The number of hydrazone groups is 1. The molecule has 0 fully saturated rings. The molecular formula is C16H16ClN3O5S. The van der Waals surface area contributed by atoms with Crippen molar-refractivity contribution in [1.29, 1.82) is 0 Å². The Labute approximate surface area is 157 Å². The number of rotatable bonds is 7. The van der Waals surface area contributed by atoms with E-state index in [2.05, 4.69) is 10.5 Å². The second-order valence-corrected chi connectivity index (χ2v) is 6.40. The van der Waals surface area contributed by atoms with Crippen molar-refractivity contribution in [3.8, 4) is 5.75 Å². The predicted molar refractivity (Wildman–Crippen MR) is 97.8 cm³/mol. The van der Waals surface area contributed by atoms with Gasteiger partial charge in [-0.1, -0.05) is 35.1 Å². The largest absolute Gasteiger partial charge is 0.508 e. The Kier molecular flexibility index (Phi) is 6.93. The van der Waals surface area contributed by atoms with Crippen LogP contribution in [0.1, 0.15) is 17.4 Å². The first-order valence-electron chi connectivity index (χ1n) is 7.55. The number of carbonyl (C=O) groups is 2. The summed E-state index contributed by atoms with van der Waals surface area (Å²) in [5.74, 6) is -0.828. The zero-order chi connectivity index (χ0) is 19.1. The van der Waals surface area contributed by atoms with Gasteiger partial charge in [-0.2, -0.15) is 5.10 Å². The van der Waals surface area contributed by atoms with Gasteiger partial charge in [0, 0.05) is 0 Å². The van der Waals surface area contributed by atoms with Gasteiger partial charge in [-0.15, -0.1) is 0 Å². The van der Waals surface area contributed by atoms with E-state index in [0.717, 1.165) is 15.9 Å². The zero-order valence-corrected chi connectivity index (χ0v) is 15.3. The van der Waals surface area contributed by atoms with Gasteiger partial charge in [-0.25, -0.2) is 5.43 Å². The Bertz CT molecular complexity index is 873. The molecule has 8 nitrogen and oxygen atoms in total. The monoisotopic (exact) mass is 397 g/mol. The fraction of sp³-hybridized carbons (Fsp3) is 0.250. The van der Waals surface area contributed by atoms with E-state index in [1.165, 1.54) is 18.3 Å². The molecule has 1 aromatic heterocycles. The second kappa shape index (κ2) is 9.16. The molecule has 0 bridgehead atoms. The van der Waals surface area contributed by atoms with E-state index >= 15 is 0 Å². The van der Waals surface area contributed by atoms with Gasteiger partial charge >= 0.3 is 10.8 Å². The van der Waals surface area contributed by atoms with Gasteiger partial charge < -0.3 is 9.84 Å². The molecule has 1 heterocycles. The number of phenols is 1. The molecular weight excluding hydrogens is 382 g/mol.